The van der Waals surface area contributed by atoms with Crippen molar-refractivity contribution in [3.05, 3.63) is 78.0 Å². The van der Waals surface area contributed by atoms with Crippen molar-refractivity contribution in [1.29, 1.82) is 0 Å². The number of nitrogens with zero attached hydrogens (tertiary/aromatic N) is 1. The van der Waals surface area contributed by atoms with Gasteiger partial charge < -0.3 is 4.74 Å². The van der Waals surface area contributed by atoms with Crippen LogP contribution in [-0.4, -0.2) is 34.0 Å². The van der Waals surface area contributed by atoms with Crippen LogP contribution in [0.5, 0.6) is 0 Å². The highest BCUT2D eigenvalue weighted by Crippen LogP contribution is 2.19. The summed E-state index contributed by atoms with van der Waals surface area (Å²) in [5, 5.41) is 0. The molecule has 0 heterocycles. The third-order valence-corrected chi connectivity index (χ3v) is 6.60. The standard InChI is InChI=1S/C23H29NO3SSi/c1-21-12-14-23(15-13-21)28(25,26)24(20-22-10-6-5-7-11-22)16-8-17-27-18-9-19-29(2,3)4/h5-8,10-16H,17-18,20H2,1-4H3/b16-8+. The fourth-order valence-electron chi connectivity index (χ4n) is 2.47. The zero-order chi connectivity index (χ0) is 21.3. The zero-order valence-electron chi connectivity index (χ0n) is 17.6. The molecular weight excluding hydrogens is 398 g/mol. The third-order valence-electron chi connectivity index (χ3n) is 3.93. The molecule has 0 radical (unpaired) electrons. The Balaban J connectivity index is 2.12. The first kappa shape index (κ1) is 23.0. The Kier molecular flexibility index (Phi) is 8.27. The monoisotopic (exact) mass is 427 g/mol. The molecule has 0 aliphatic rings. The van der Waals surface area contributed by atoms with Gasteiger partial charge in [0.2, 0.25) is 0 Å². The van der Waals surface area contributed by atoms with Crippen LogP contribution in [0.3, 0.4) is 0 Å². The summed E-state index contributed by atoms with van der Waals surface area (Å²) in [7, 11) is -5.06. The Morgan fingerprint density at radius 1 is 1.03 bits per heavy atom. The van der Waals surface area contributed by atoms with Gasteiger partial charge in [0.15, 0.2) is 0 Å². The van der Waals surface area contributed by atoms with Crippen molar-refractivity contribution in [2.75, 3.05) is 13.2 Å². The van der Waals surface area contributed by atoms with Crippen molar-refractivity contribution in [1.82, 2.24) is 4.31 Å². The Bertz CT molecular complexity index is 967. The number of benzene rings is 2. The molecule has 0 atom stereocenters. The molecular formula is C23H29NO3SSi. The van der Waals surface area contributed by atoms with Crippen molar-refractivity contribution in [2.45, 2.75) is 38.0 Å². The molecule has 0 saturated carbocycles. The molecule has 0 bridgehead atoms. The van der Waals surface area contributed by atoms with Gasteiger partial charge in [0.1, 0.15) is 14.7 Å². The molecule has 2 aromatic rings. The van der Waals surface area contributed by atoms with E-state index in [9.17, 15) is 8.42 Å². The molecule has 0 amide bonds. The van der Waals surface area contributed by atoms with Gasteiger partial charge in [0, 0.05) is 6.20 Å². The molecule has 0 aromatic heterocycles. The highest BCUT2D eigenvalue weighted by atomic mass is 32.2. The van der Waals surface area contributed by atoms with Crippen LogP contribution in [0.25, 0.3) is 0 Å². The Morgan fingerprint density at radius 2 is 1.69 bits per heavy atom. The van der Waals surface area contributed by atoms with Crippen molar-refractivity contribution in [2.24, 2.45) is 0 Å². The van der Waals surface area contributed by atoms with Gasteiger partial charge in [0.25, 0.3) is 10.0 Å². The highest BCUT2D eigenvalue weighted by Gasteiger charge is 2.21. The maximum Gasteiger partial charge on any atom is 0.264 e. The summed E-state index contributed by atoms with van der Waals surface area (Å²) in [5.74, 6) is 3.04. The van der Waals surface area contributed by atoms with E-state index in [0.29, 0.717) is 13.2 Å². The minimum Gasteiger partial charge on any atom is -0.365 e. The van der Waals surface area contributed by atoms with Crippen LogP contribution in [0.15, 0.2) is 71.8 Å². The summed E-state index contributed by atoms with van der Waals surface area (Å²) in [6.45, 7) is 9.36. The Labute approximate surface area is 176 Å². The van der Waals surface area contributed by atoms with Crippen LogP contribution >= 0.6 is 0 Å². The van der Waals surface area contributed by atoms with Crippen LogP contribution in [0, 0.1) is 18.4 Å². The van der Waals surface area contributed by atoms with Gasteiger partial charge in [0.05, 0.1) is 18.0 Å². The second kappa shape index (κ2) is 10.4. The van der Waals surface area contributed by atoms with E-state index in [0.717, 1.165) is 11.1 Å². The molecule has 0 fully saturated rings. The van der Waals surface area contributed by atoms with E-state index >= 15 is 0 Å². The van der Waals surface area contributed by atoms with E-state index in [2.05, 4.69) is 31.1 Å². The first-order valence-corrected chi connectivity index (χ1v) is 14.5. The Morgan fingerprint density at radius 3 is 2.31 bits per heavy atom. The summed E-state index contributed by atoms with van der Waals surface area (Å²) < 4.78 is 33.1. The number of sulfonamides is 1. The molecule has 29 heavy (non-hydrogen) atoms. The summed E-state index contributed by atoms with van der Waals surface area (Å²) >= 11 is 0. The molecule has 154 valence electrons. The van der Waals surface area contributed by atoms with Gasteiger partial charge in [-0.25, -0.2) is 8.42 Å². The van der Waals surface area contributed by atoms with Gasteiger partial charge in [-0.3, -0.25) is 4.31 Å². The lowest BCUT2D eigenvalue weighted by molar-refractivity contribution is 0.198. The first-order valence-electron chi connectivity index (χ1n) is 9.55. The van der Waals surface area contributed by atoms with Gasteiger partial charge in [-0.05, 0) is 30.7 Å². The van der Waals surface area contributed by atoms with Crippen LogP contribution in [0.2, 0.25) is 19.6 Å². The molecule has 0 unspecified atom stereocenters. The predicted octanol–water partition coefficient (Wildman–Crippen LogP) is 4.60. The SMILES string of the molecule is Cc1ccc(S(=O)(=O)N(/C=C/COCC#C[Si](C)(C)C)Cc2ccccc2)cc1. The fourth-order valence-corrected chi connectivity index (χ4v) is 4.39. The maximum atomic E-state index is 13.1. The minimum atomic E-state index is -3.66. The molecule has 4 nitrogen and oxygen atoms in total. The number of rotatable bonds is 8. The molecule has 6 heteroatoms. The van der Waals surface area contributed by atoms with Crippen molar-refractivity contribution < 1.29 is 13.2 Å². The largest absolute Gasteiger partial charge is 0.365 e. The summed E-state index contributed by atoms with van der Waals surface area (Å²) in [6.07, 6.45) is 3.29. The topological polar surface area (TPSA) is 46.6 Å². The van der Waals surface area contributed by atoms with E-state index in [1.54, 1.807) is 36.5 Å². The highest BCUT2D eigenvalue weighted by molar-refractivity contribution is 7.89. The summed E-state index contributed by atoms with van der Waals surface area (Å²) in [6, 6.07) is 16.4. The zero-order valence-corrected chi connectivity index (χ0v) is 19.4. The summed E-state index contributed by atoms with van der Waals surface area (Å²) in [4.78, 5) is 0.269. The smallest absolute Gasteiger partial charge is 0.264 e. The van der Waals surface area contributed by atoms with Gasteiger partial charge in [-0.1, -0.05) is 73.6 Å². The van der Waals surface area contributed by atoms with Crippen molar-refractivity contribution in [3.8, 4) is 11.5 Å². The van der Waals surface area contributed by atoms with Crippen molar-refractivity contribution in [3.63, 3.8) is 0 Å². The number of ether oxygens (including phenoxy) is 1. The van der Waals surface area contributed by atoms with Gasteiger partial charge >= 0.3 is 0 Å². The van der Waals surface area contributed by atoms with Crippen LogP contribution < -0.4 is 0 Å². The maximum absolute atomic E-state index is 13.1. The van der Waals surface area contributed by atoms with E-state index in [1.807, 2.05) is 37.3 Å². The van der Waals surface area contributed by atoms with Crippen LogP contribution in [-0.2, 0) is 21.3 Å². The quantitative estimate of drug-likeness (QED) is 0.351. The lowest BCUT2D eigenvalue weighted by Crippen LogP contribution is -2.25. The second-order valence-electron chi connectivity index (χ2n) is 7.80. The van der Waals surface area contributed by atoms with Crippen molar-refractivity contribution >= 4 is 18.1 Å². The minimum absolute atomic E-state index is 0.253. The number of aryl methyl sites for hydroxylation is 1. The molecule has 0 aliphatic heterocycles. The molecule has 0 spiro atoms. The van der Waals surface area contributed by atoms with E-state index < -0.39 is 18.1 Å². The first-order chi connectivity index (χ1) is 13.7. The van der Waals surface area contributed by atoms with E-state index in [4.69, 9.17) is 4.74 Å². The Hall–Kier alpha value is -2.33. The molecule has 2 rings (SSSR count). The normalized spacial score (nSPS) is 11.9. The van der Waals surface area contributed by atoms with Crippen LogP contribution in [0.1, 0.15) is 11.1 Å². The van der Waals surface area contributed by atoms with Gasteiger partial charge in [-0.2, -0.15) is 0 Å². The predicted molar refractivity (Wildman–Crippen MR) is 121 cm³/mol. The summed E-state index contributed by atoms with van der Waals surface area (Å²) in [5.41, 5.74) is 5.17. The van der Waals surface area contributed by atoms with E-state index in [-0.39, 0.29) is 11.4 Å². The number of hydrogen-bond donors (Lipinski definition) is 0. The van der Waals surface area contributed by atoms with Crippen LogP contribution in [0.4, 0.5) is 0 Å². The average molecular weight is 428 g/mol. The molecule has 0 N–H and O–H groups in total. The molecule has 0 saturated heterocycles. The fraction of sp³-hybridized carbons (Fsp3) is 0.304. The lowest BCUT2D eigenvalue weighted by Gasteiger charge is -2.21. The number of hydrogen-bond acceptors (Lipinski definition) is 3. The average Bonchev–Trinajstić information content (AvgIpc) is 2.66. The molecule has 2 aromatic carbocycles. The second-order valence-corrected chi connectivity index (χ2v) is 14.4. The van der Waals surface area contributed by atoms with Gasteiger partial charge in [-0.15, -0.1) is 5.54 Å². The van der Waals surface area contributed by atoms with E-state index in [1.165, 1.54) is 4.31 Å². The molecule has 0 aliphatic carbocycles. The lowest BCUT2D eigenvalue weighted by atomic mass is 10.2. The third kappa shape index (κ3) is 7.90.